The number of nitrogens with two attached hydrogens (primary N) is 1. The zero-order chi connectivity index (χ0) is 16.5. The Morgan fingerprint density at radius 3 is 2.59 bits per heavy atom. The van der Waals surface area contributed by atoms with Crippen molar-refractivity contribution >= 4 is 21.9 Å². The average Bonchev–Trinajstić information content (AvgIpc) is 2.97. The quantitative estimate of drug-likeness (QED) is 0.776. The molecule has 0 radical (unpaired) electrons. The van der Waals surface area contributed by atoms with E-state index in [1.54, 1.807) is 0 Å². The van der Waals surface area contributed by atoms with Crippen molar-refractivity contribution in [1.29, 1.82) is 0 Å². The minimum absolute atomic E-state index is 0.0439. The third-order valence-electron chi connectivity index (χ3n) is 3.57. The second-order valence-corrected chi connectivity index (χ2v) is 6.85. The van der Waals surface area contributed by atoms with Crippen LogP contribution in [0, 0.1) is 5.92 Å². The molecule has 22 heavy (non-hydrogen) atoms. The largest absolute Gasteiger partial charge is 0.496 e. The van der Waals surface area contributed by atoms with E-state index in [1.807, 2.05) is 0 Å². The normalized spacial score (nSPS) is 19.0. The Balaban J connectivity index is 2.36. The molecule has 1 heterocycles. The van der Waals surface area contributed by atoms with E-state index in [9.17, 15) is 18.0 Å². The van der Waals surface area contributed by atoms with E-state index < -0.39 is 27.8 Å². The van der Waals surface area contributed by atoms with Crippen LogP contribution < -0.4 is 10.5 Å². The van der Waals surface area contributed by atoms with Crippen LogP contribution >= 0.6 is 0 Å². The van der Waals surface area contributed by atoms with Crippen LogP contribution in [0.3, 0.4) is 0 Å². The lowest BCUT2D eigenvalue weighted by atomic mass is 10.1. The molecule has 3 N–H and O–H groups in total. The molecule has 2 rings (SSSR count). The molecule has 1 aliphatic heterocycles. The molecule has 9 heteroatoms. The van der Waals surface area contributed by atoms with Crippen LogP contribution in [0.5, 0.6) is 5.75 Å². The van der Waals surface area contributed by atoms with Gasteiger partial charge in [-0.05, 0) is 24.6 Å². The second-order valence-electron chi connectivity index (χ2n) is 4.91. The first-order valence-corrected chi connectivity index (χ1v) is 7.92. The number of benzene rings is 1. The summed E-state index contributed by atoms with van der Waals surface area (Å²) in [5.41, 5.74) is 5.17. The van der Waals surface area contributed by atoms with Gasteiger partial charge in [0.25, 0.3) is 5.91 Å². The molecule has 1 aromatic rings. The summed E-state index contributed by atoms with van der Waals surface area (Å²) in [6, 6.07) is 3.79. The lowest BCUT2D eigenvalue weighted by Gasteiger charge is -2.17. The van der Waals surface area contributed by atoms with E-state index in [1.165, 1.54) is 19.2 Å². The van der Waals surface area contributed by atoms with Crippen LogP contribution in [-0.4, -0.2) is 49.9 Å². The van der Waals surface area contributed by atoms with E-state index >= 15 is 0 Å². The van der Waals surface area contributed by atoms with Gasteiger partial charge in [0.05, 0.1) is 23.5 Å². The van der Waals surface area contributed by atoms with Crippen LogP contribution in [0.25, 0.3) is 0 Å². The number of aliphatic carboxylic acids is 1. The van der Waals surface area contributed by atoms with Crippen LogP contribution in [0.1, 0.15) is 16.8 Å². The van der Waals surface area contributed by atoms with Gasteiger partial charge in [0, 0.05) is 13.1 Å². The molecule has 1 amide bonds. The Morgan fingerprint density at radius 1 is 1.41 bits per heavy atom. The first kappa shape index (κ1) is 16.2. The molecule has 8 nitrogen and oxygen atoms in total. The highest BCUT2D eigenvalue weighted by atomic mass is 32.2. The maximum atomic E-state index is 12.5. The van der Waals surface area contributed by atoms with Gasteiger partial charge in [-0.15, -0.1) is 0 Å². The number of carbonyl (C=O) groups is 2. The third-order valence-corrected chi connectivity index (χ3v) is 5.44. The zero-order valence-electron chi connectivity index (χ0n) is 11.9. The van der Waals surface area contributed by atoms with Crippen molar-refractivity contribution in [3.63, 3.8) is 0 Å². The third kappa shape index (κ3) is 2.90. The summed E-state index contributed by atoms with van der Waals surface area (Å²) in [6.45, 7) is 0.0346. The highest BCUT2D eigenvalue weighted by Crippen LogP contribution is 2.27. The van der Waals surface area contributed by atoms with E-state index in [0.29, 0.717) is 0 Å². The number of amides is 1. The molecule has 0 aromatic heterocycles. The van der Waals surface area contributed by atoms with Crippen molar-refractivity contribution in [1.82, 2.24) is 4.31 Å². The molecule has 1 aliphatic rings. The lowest BCUT2D eigenvalue weighted by molar-refractivity contribution is -0.141. The van der Waals surface area contributed by atoms with E-state index in [0.717, 1.165) is 10.4 Å². The molecule has 1 aromatic carbocycles. The molecule has 1 fully saturated rings. The lowest BCUT2D eigenvalue weighted by Crippen LogP contribution is -2.30. The minimum atomic E-state index is -3.88. The van der Waals surface area contributed by atoms with Gasteiger partial charge < -0.3 is 15.6 Å². The molecule has 0 spiro atoms. The molecular formula is C13H16N2O6S. The molecule has 1 atom stereocenters. The maximum absolute atomic E-state index is 12.5. The SMILES string of the molecule is COc1ccc(S(=O)(=O)N2CCC(C(=O)O)C2)cc1C(N)=O. The Labute approximate surface area is 127 Å². The van der Waals surface area contributed by atoms with Crippen molar-refractivity contribution in [2.45, 2.75) is 11.3 Å². The van der Waals surface area contributed by atoms with Gasteiger partial charge in [-0.1, -0.05) is 0 Å². The zero-order valence-corrected chi connectivity index (χ0v) is 12.7. The molecule has 0 saturated carbocycles. The predicted octanol–water partition coefficient (Wildman–Crippen LogP) is -0.111. The first-order chi connectivity index (χ1) is 10.3. The number of hydrogen-bond donors (Lipinski definition) is 2. The first-order valence-electron chi connectivity index (χ1n) is 6.48. The number of carboxylic acid groups (broad SMARTS) is 1. The minimum Gasteiger partial charge on any atom is -0.496 e. The predicted molar refractivity (Wildman–Crippen MR) is 76.0 cm³/mol. The summed E-state index contributed by atoms with van der Waals surface area (Å²) < 4.78 is 31.1. The monoisotopic (exact) mass is 328 g/mol. The molecule has 0 bridgehead atoms. The van der Waals surface area contributed by atoms with Crippen LogP contribution in [-0.2, 0) is 14.8 Å². The number of rotatable bonds is 5. The van der Waals surface area contributed by atoms with Crippen molar-refractivity contribution in [3.05, 3.63) is 23.8 Å². The van der Waals surface area contributed by atoms with Gasteiger partial charge in [0.15, 0.2) is 0 Å². The smallest absolute Gasteiger partial charge is 0.307 e. The fraction of sp³-hybridized carbons (Fsp3) is 0.385. The van der Waals surface area contributed by atoms with E-state index in [-0.39, 0.29) is 35.7 Å². The Morgan fingerprint density at radius 2 is 2.09 bits per heavy atom. The Bertz CT molecular complexity index is 715. The van der Waals surface area contributed by atoms with Gasteiger partial charge in [0.1, 0.15) is 5.75 Å². The van der Waals surface area contributed by atoms with Crippen molar-refractivity contribution < 1.29 is 27.9 Å². The number of hydrogen-bond acceptors (Lipinski definition) is 5. The van der Waals surface area contributed by atoms with Gasteiger partial charge in [0.2, 0.25) is 10.0 Å². The Hall–Kier alpha value is -2.13. The van der Waals surface area contributed by atoms with Gasteiger partial charge >= 0.3 is 5.97 Å². The van der Waals surface area contributed by atoms with Crippen molar-refractivity contribution in [3.8, 4) is 5.75 Å². The number of methoxy groups -OCH3 is 1. The standard InChI is InChI=1S/C13H16N2O6S/c1-21-11-3-2-9(6-10(11)12(14)16)22(19,20)15-5-4-8(7-15)13(17)18/h2-3,6,8H,4-5,7H2,1H3,(H2,14,16)(H,17,18). The average molecular weight is 328 g/mol. The van der Waals surface area contributed by atoms with Crippen molar-refractivity contribution in [2.24, 2.45) is 11.7 Å². The summed E-state index contributed by atoms with van der Waals surface area (Å²) in [5, 5.41) is 8.95. The molecular weight excluding hydrogens is 312 g/mol. The van der Waals surface area contributed by atoms with E-state index in [4.69, 9.17) is 15.6 Å². The highest BCUT2D eigenvalue weighted by Gasteiger charge is 2.36. The number of ether oxygens (including phenoxy) is 1. The summed E-state index contributed by atoms with van der Waals surface area (Å²) in [4.78, 5) is 22.2. The Kier molecular flexibility index (Phi) is 4.38. The van der Waals surface area contributed by atoms with Gasteiger partial charge in [-0.3, -0.25) is 9.59 Å². The van der Waals surface area contributed by atoms with Crippen LogP contribution in [0.4, 0.5) is 0 Å². The maximum Gasteiger partial charge on any atom is 0.307 e. The number of nitrogens with zero attached hydrogens (tertiary/aromatic N) is 1. The van der Waals surface area contributed by atoms with Gasteiger partial charge in [-0.25, -0.2) is 8.42 Å². The van der Waals surface area contributed by atoms with Crippen LogP contribution in [0.15, 0.2) is 23.1 Å². The number of carboxylic acids is 1. The fourth-order valence-electron chi connectivity index (χ4n) is 2.34. The van der Waals surface area contributed by atoms with E-state index in [2.05, 4.69) is 0 Å². The number of sulfonamides is 1. The molecule has 0 aliphatic carbocycles. The number of carbonyl (C=O) groups excluding carboxylic acids is 1. The topological polar surface area (TPSA) is 127 Å². The summed E-state index contributed by atoms with van der Waals surface area (Å²) in [6.07, 6.45) is 0.257. The fourth-order valence-corrected chi connectivity index (χ4v) is 3.86. The highest BCUT2D eigenvalue weighted by molar-refractivity contribution is 7.89. The summed E-state index contributed by atoms with van der Waals surface area (Å²) >= 11 is 0. The molecule has 120 valence electrons. The summed E-state index contributed by atoms with van der Waals surface area (Å²) in [5.74, 6) is -2.37. The number of primary amides is 1. The van der Waals surface area contributed by atoms with Crippen LogP contribution in [0.2, 0.25) is 0 Å². The molecule has 1 saturated heterocycles. The van der Waals surface area contributed by atoms with Gasteiger partial charge in [-0.2, -0.15) is 4.31 Å². The molecule has 1 unspecified atom stereocenters. The second kappa shape index (κ2) is 5.93. The summed E-state index contributed by atoms with van der Waals surface area (Å²) in [7, 11) is -2.54. The van der Waals surface area contributed by atoms with Crippen molar-refractivity contribution in [2.75, 3.05) is 20.2 Å².